The van der Waals surface area contributed by atoms with E-state index in [9.17, 15) is 14.9 Å². The van der Waals surface area contributed by atoms with Crippen LogP contribution in [0.15, 0.2) is 42.5 Å². The Hall–Kier alpha value is -2.49. The first kappa shape index (κ1) is 13.9. The average Bonchev–Trinajstić information content (AvgIpc) is 2.46. The first-order chi connectivity index (χ1) is 9.52. The third-order valence-corrected chi connectivity index (χ3v) is 3.24. The van der Waals surface area contributed by atoms with Gasteiger partial charge in [-0.2, -0.15) is 0 Å². The molecule has 0 bridgehead atoms. The molecule has 0 aliphatic carbocycles. The molecular weight excluding hydrogens is 254 g/mol. The van der Waals surface area contributed by atoms with Gasteiger partial charge in [0.05, 0.1) is 10.5 Å². The molecule has 20 heavy (non-hydrogen) atoms. The lowest BCUT2D eigenvalue weighted by Crippen LogP contribution is -1.94. The number of nitrogens with zero attached hydrogens (tertiary/aromatic N) is 1. The number of carbonyl (C=O) groups excluding carboxylic acids is 1. The summed E-state index contributed by atoms with van der Waals surface area (Å²) in [5.74, 6) is 0.413. The summed E-state index contributed by atoms with van der Waals surface area (Å²) in [4.78, 5) is 21.4. The Morgan fingerprint density at radius 1 is 1.10 bits per heavy atom. The van der Waals surface area contributed by atoms with Crippen molar-refractivity contribution in [2.45, 2.75) is 19.8 Å². The highest BCUT2D eigenvalue weighted by atomic mass is 16.6. The van der Waals surface area contributed by atoms with Gasteiger partial charge in [-0.15, -0.1) is 0 Å². The molecule has 0 saturated carbocycles. The van der Waals surface area contributed by atoms with Crippen molar-refractivity contribution in [3.63, 3.8) is 0 Å². The molecule has 0 N–H and O–H groups in total. The van der Waals surface area contributed by atoms with Crippen molar-refractivity contribution in [2.24, 2.45) is 0 Å². The Balaban J connectivity index is 2.51. The molecule has 0 amide bonds. The van der Waals surface area contributed by atoms with E-state index in [-0.39, 0.29) is 5.69 Å². The van der Waals surface area contributed by atoms with E-state index >= 15 is 0 Å². The molecule has 0 saturated heterocycles. The van der Waals surface area contributed by atoms with Gasteiger partial charge in [0.2, 0.25) is 0 Å². The Morgan fingerprint density at radius 2 is 1.75 bits per heavy atom. The van der Waals surface area contributed by atoms with Gasteiger partial charge in [0.25, 0.3) is 5.69 Å². The summed E-state index contributed by atoms with van der Waals surface area (Å²) < 4.78 is 0. The zero-order valence-corrected chi connectivity index (χ0v) is 11.4. The van der Waals surface area contributed by atoms with Gasteiger partial charge in [-0.25, -0.2) is 0 Å². The van der Waals surface area contributed by atoms with Crippen LogP contribution in [0, 0.1) is 10.1 Å². The third kappa shape index (κ3) is 2.74. The van der Waals surface area contributed by atoms with Gasteiger partial charge in [-0.1, -0.05) is 44.2 Å². The number of nitro groups is 1. The predicted octanol–water partition coefficient (Wildman–Crippen LogP) is 4.20. The lowest BCUT2D eigenvalue weighted by Gasteiger charge is -2.08. The maximum absolute atomic E-state index is 11.1. The van der Waals surface area contributed by atoms with Crippen molar-refractivity contribution >= 4 is 12.0 Å². The van der Waals surface area contributed by atoms with Gasteiger partial charge in [0.15, 0.2) is 0 Å². The van der Waals surface area contributed by atoms with Crippen LogP contribution in [0.2, 0.25) is 0 Å². The monoisotopic (exact) mass is 269 g/mol. The van der Waals surface area contributed by atoms with Crippen LogP contribution in [0.25, 0.3) is 11.1 Å². The number of benzene rings is 2. The fourth-order valence-corrected chi connectivity index (χ4v) is 2.06. The smallest absolute Gasteiger partial charge is 0.277 e. The van der Waals surface area contributed by atoms with Gasteiger partial charge < -0.3 is 0 Å². The van der Waals surface area contributed by atoms with E-state index in [0.717, 1.165) is 5.56 Å². The first-order valence-corrected chi connectivity index (χ1v) is 6.37. The molecular formula is C16H15NO3. The summed E-state index contributed by atoms with van der Waals surface area (Å²) in [5.41, 5.74) is 2.74. The maximum atomic E-state index is 11.1. The molecule has 0 fully saturated rings. The summed E-state index contributed by atoms with van der Waals surface area (Å²) in [6, 6.07) is 12.2. The molecule has 0 heterocycles. The fraction of sp³-hybridized carbons (Fsp3) is 0.188. The Labute approximate surface area is 117 Å². The number of nitro benzene ring substituents is 1. The standard InChI is InChI=1S/C16H15NO3/c1-11(2)13-4-6-14(7-5-13)15-8-3-12(10-18)9-16(15)17(19)20/h3-11H,1-2H3. The second kappa shape index (κ2) is 5.65. The van der Waals surface area contributed by atoms with Gasteiger partial charge in [-0.05, 0) is 23.1 Å². The SMILES string of the molecule is CC(C)c1ccc(-c2ccc(C=O)cc2[N+](=O)[O-])cc1. The van der Waals surface area contributed by atoms with Gasteiger partial charge in [0.1, 0.15) is 6.29 Å². The zero-order chi connectivity index (χ0) is 14.7. The van der Waals surface area contributed by atoms with Crippen molar-refractivity contribution in [3.05, 3.63) is 63.7 Å². The molecule has 102 valence electrons. The molecule has 2 rings (SSSR count). The first-order valence-electron chi connectivity index (χ1n) is 6.37. The second-order valence-electron chi connectivity index (χ2n) is 4.93. The summed E-state index contributed by atoms with van der Waals surface area (Å²) in [6.07, 6.45) is 0.610. The van der Waals surface area contributed by atoms with Crippen molar-refractivity contribution < 1.29 is 9.72 Å². The van der Waals surface area contributed by atoms with Gasteiger partial charge >= 0.3 is 0 Å². The molecule has 0 atom stereocenters. The Bertz CT molecular complexity index is 645. The number of hydrogen-bond donors (Lipinski definition) is 0. The molecule has 0 radical (unpaired) electrons. The number of carbonyl (C=O) groups is 1. The fourth-order valence-electron chi connectivity index (χ4n) is 2.06. The maximum Gasteiger partial charge on any atom is 0.277 e. The third-order valence-electron chi connectivity index (χ3n) is 3.24. The molecule has 0 aliphatic rings. The molecule has 0 aromatic heterocycles. The van der Waals surface area contributed by atoms with Crippen LogP contribution in [0.1, 0.15) is 35.7 Å². The lowest BCUT2D eigenvalue weighted by atomic mass is 9.97. The molecule has 0 unspecified atom stereocenters. The minimum atomic E-state index is -0.460. The summed E-state index contributed by atoms with van der Waals surface area (Å²) >= 11 is 0. The van der Waals surface area contributed by atoms with E-state index < -0.39 is 4.92 Å². The van der Waals surface area contributed by atoms with E-state index in [0.29, 0.717) is 23.3 Å². The van der Waals surface area contributed by atoms with E-state index in [1.807, 2.05) is 24.3 Å². The van der Waals surface area contributed by atoms with Crippen LogP contribution in [0.4, 0.5) is 5.69 Å². The summed E-state index contributed by atoms with van der Waals surface area (Å²) in [5, 5.41) is 11.1. The molecule has 4 nitrogen and oxygen atoms in total. The summed E-state index contributed by atoms with van der Waals surface area (Å²) in [7, 11) is 0. The molecule has 2 aromatic carbocycles. The topological polar surface area (TPSA) is 60.2 Å². The van der Waals surface area contributed by atoms with E-state index in [1.165, 1.54) is 11.6 Å². The molecule has 0 spiro atoms. The van der Waals surface area contributed by atoms with Crippen molar-refractivity contribution in [1.82, 2.24) is 0 Å². The lowest BCUT2D eigenvalue weighted by molar-refractivity contribution is -0.384. The molecule has 2 aromatic rings. The van der Waals surface area contributed by atoms with Crippen LogP contribution in [-0.4, -0.2) is 11.2 Å². The van der Waals surface area contributed by atoms with Crippen molar-refractivity contribution in [1.29, 1.82) is 0 Å². The second-order valence-corrected chi connectivity index (χ2v) is 4.93. The highest BCUT2D eigenvalue weighted by molar-refractivity contribution is 5.82. The van der Waals surface area contributed by atoms with Crippen LogP contribution in [0.3, 0.4) is 0 Å². The van der Waals surface area contributed by atoms with Crippen LogP contribution < -0.4 is 0 Å². The normalized spacial score (nSPS) is 10.6. The molecule has 4 heteroatoms. The zero-order valence-electron chi connectivity index (χ0n) is 11.4. The quantitative estimate of drug-likeness (QED) is 0.475. The van der Waals surface area contributed by atoms with Crippen LogP contribution in [-0.2, 0) is 0 Å². The summed E-state index contributed by atoms with van der Waals surface area (Å²) in [6.45, 7) is 4.19. The van der Waals surface area contributed by atoms with E-state index in [4.69, 9.17) is 0 Å². The van der Waals surface area contributed by atoms with Crippen molar-refractivity contribution in [3.8, 4) is 11.1 Å². The predicted molar refractivity (Wildman–Crippen MR) is 78.0 cm³/mol. The highest BCUT2D eigenvalue weighted by Gasteiger charge is 2.16. The minimum absolute atomic E-state index is 0.0492. The average molecular weight is 269 g/mol. The largest absolute Gasteiger partial charge is 0.298 e. The van der Waals surface area contributed by atoms with Crippen molar-refractivity contribution in [2.75, 3.05) is 0 Å². The van der Waals surface area contributed by atoms with E-state index in [1.54, 1.807) is 12.1 Å². The van der Waals surface area contributed by atoms with E-state index in [2.05, 4.69) is 13.8 Å². The van der Waals surface area contributed by atoms with Gasteiger partial charge in [-0.3, -0.25) is 14.9 Å². The number of hydrogen-bond acceptors (Lipinski definition) is 3. The van der Waals surface area contributed by atoms with Gasteiger partial charge in [0, 0.05) is 11.6 Å². The Morgan fingerprint density at radius 3 is 2.25 bits per heavy atom. The highest BCUT2D eigenvalue weighted by Crippen LogP contribution is 2.31. The number of rotatable bonds is 4. The number of aldehydes is 1. The minimum Gasteiger partial charge on any atom is -0.298 e. The molecule has 0 aliphatic heterocycles. The van der Waals surface area contributed by atoms with Crippen LogP contribution in [0.5, 0.6) is 0 Å². The van der Waals surface area contributed by atoms with Crippen LogP contribution >= 0.6 is 0 Å². The Kier molecular flexibility index (Phi) is 3.94.